The van der Waals surface area contributed by atoms with Crippen LogP contribution in [0, 0.1) is 31.1 Å². The lowest BCUT2D eigenvalue weighted by atomic mass is 10.1. The molecule has 1 N–H and O–H groups in total. The first-order valence-corrected chi connectivity index (χ1v) is 6.78. The highest BCUT2D eigenvalue weighted by atomic mass is 16.5. The molecule has 20 heavy (non-hydrogen) atoms. The van der Waals surface area contributed by atoms with E-state index in [2.05, 4.69) is 25.2 Å². The fourth-order valence-corrected chi connectivity index (χ4v) is 1.84. The van der Waals surface area contributed by atoms with E-state index in [9.17, 15) is 4.79 Å². The summed E-state index contributed by atoms with van der Waals surface area (Å²) in [5, 5.41) is 11.8. The molecular formula is C16H22N2O2. The molecule has 0 saturated heterocycles. The summed E-state index contributed by atoms with van der Waals surface area (Å²) in [6, 6.07) is 5.75. The maximum Gasteiger partial charge on any atom is 0.258 e. The van der Waals surface area contributed by atoms with Gasteiger partial charge >= 0.3 is 0 Å². The van der Waals surface area contributed by atoms with Gasteiger partial charge < -0.3 is 10.1 Å². The minimum Gasteiger partial charge on any atom is -0.483 e. The first kappa shape index (κ1) is 16.0. The lowest BCUT2D eigenvalue weighted by Gasteiger charge is -2.18. The van der Waals surface area contributed by atoms with Crippen molar-refractivity contribution < 1.29 is 9.53 Å². The third-order valence-corrected chi connectivity index (χ3v) is 3.33. The van der Waals surface area contributed by atoms with E-state index in [-0.39, 0.29) is 18.6 Å². The molecule has 4 heteroatoms. The van der Waals surface area contributed by atoms with Crippen molar-refractivity contribution >= 4 is 5.91 Å². The molecule has 0 aliphatic carbocycles. The number of amides is 1. The third-order valence-electron chi connectivity index (χ3n) is 3.33. The first-order valence-electron chi connectivity index (χ1n) is 6.78. The number of nitrogens with zero attached hydrogens (tertiary/aromatic N) is 1. The van der Waals surface area contributed by atoms with Crippen LogP contribution in [0.25, 0.3) is 0 Å². The molecule has 0 bridgehead atoms. The number of ether oxygens (including phenoxy) is 1. The highest BCUT2D eigenvalue weighted by Crippen LogP contribution is 2.24. The molecule has 0 saturated carbocycles. The Bertz CT molecular complexity index is 507. The molecule has 0 fully saturated rings. The van der Waals surface area contributed by atoms with Gasteiger partial charge in [0.15, 0.2) is 6.61 Å². The SMILES string of the molecule is Cc1cc(C#N)cc(C)c1OCC(=O)NC(C)C(C)C. The Morgan fingerprint density at radius 3 is 2.30 bits per heavy atom. The summed E-state index contributed by atoms with van der Waals surface area (Å²) in [6.07, 6.45) is 0. The van der Waals surface area contributed by atoms with Crippen molar-refractivity contribution in [3.8, 4) is 11.8 Å². The van der Waals surface area contributed by atoms with Crippen LogP contribution in [-0.2, 0) is 4.79 Å². The topological polar surface area (TPSA) is 62.1 Å². The van der Waals surface area contributed by atoms with Crippen LogP contribution in [0.2, 0.25) is 0 Å². The van der Waals surface area contributed by atoms with Gasteiger partial charge in [-0.1, -0.05) is 13.8 Å². The van der Waals surface area contributed by atoms with E-state index in [1.807, 2.05) is 20.8 Å². The van der Waals surface area contributed by atoms with Crippen LogP contribution in [0.3, 0.4) is 0 Å². The number of benzene rings is 1. The molecule has 1 unspecified atom stereocenters. The van der Waals surface area contributed by atoms with Crippen molar-refractivity contribution in [1.82, 2.24) is 5.32 Å². The van der Waals surface area contributed by atoms with Gasteiger partial charge in [-0.05, 0) is 49.9 Å². The van der Waals surface area contributed by atoms with Crippen molar-refractivity contribution in [3.63, 3.8) is 0 Å². The highest BCUT2D eigenvalue weighted by molar-refractivity contribution is 5.77. The minimum absolute atomic E-state index is 0.00929. The second kappa shape index (κ2) is 6.95. The summed E-state index contributed by atoms with van der Waals surface area (Å²) < 4.78 is 5.59. The number of hydrogen-bond donors (Lipinski definition) is 1. The molecular weight excluding hydrogens is 252 g/mol. The van der Waals surface area contributed by atoms with E-state index in [1.165, 1.54) is 0 Å². The van der Waals surface area contributed by atoms with Crippen LogP contribution in [0.5, 0.6) is 5.75 Å². The molecule has 1 rings (SSSR count). The molecule has 0 spiro atoms. The van der Waals surface area contributed by atoms with Gasteiger partial charge in [-0.2, -0.15) is 5.26 Å². The van der Waals surface area contributed by atoms with E-state index < -0.39 is 0 Å². The maximum absolute atomic E-state index is 11.8. The average molecular weight is 274 g/mol. The van der Waals surface area contributed by atoms with Crippen LogP contribution in [-0.4, -0.2) is 18.6 Å². The summed E-state index contributed by atoms with van der Waals surface area (Å²) in [7, 11) is 0. The Kier molecular flexibility index (Phi) is 5.57. The standard InChI is InChI=1S/C16H22N2O2/c1-10(2)13(5)18-15(19)9-20-16-11(3)6-14(8-17)7-12(16)4/h6-7,10,13H,9H2,1-5H3,(H,18,19). The van der Waals surface area contributed by atoms with E-state index in [0.717, 1.165) is 11.1 Å². The molecule has 0 radical (unpaired) electrons. The summed E-state index contributed by atoms with van der Waals surface area (Å²) in [5.74, 6) is 0.933. The third kappa shape index (κ3) is 4.27. The second-order valence-electron chi connectivity index (χ2n) is 5.44. The maximum atomic E-state index is 11.8. The minimum atomic E-state index is -0.130. The molecule has 0 aliphatic rings. The van der Waals surface area contributed by atoms with Gasteiger partial charge in [0.25, 0.3) is 5.91 Å². The van der Waals surface area contributed by atoms with Gasteiger partial charge in [-0.3, -0.25) is 4.79 Å². The van der Waals surface area contributed by atoms with Crippen LogP contribution in [0.15, 0.2) is 12.1 Å². The highest BCUT2D eigenvalue weighted by Gasteiger charge is 2.13. The van der Waals surface area contributed by atoms with E-state index in [4.69, 9.17) is 10.00 Å². The lowest BCUT2D eigenvalue weighted by molar-refractivity contribution is -0.124. The molecule has 0 heterocycles. The van der Waals surface area contributed by atoms with Crippen molar-refractivity contribution in [3.05, 3.63) is 28.8 Å². The predicted molar refractivity (Wildman–Crippen MR) is 78.6 cm³/mol. The van der Waals surface area contributed by atoms with E-state index in [1.54, 1.807) is 12.1 Å². The molecule has 0 aromatic heterocycles. The number of carbonyl (C=O) groups excluding carboxylic acids is 1. The Hall–Kier alpha value is -2.02. The first-order chi connectivity index (χ1) is 9.35. The summed E-state index contributed by atoms with van der Waals surface area (Å²) >= 11 is 0. The van der Waals surface area contributed by atoms with Gasteiger partial charge in [-0.25, -0.2) is 0 Å². The van der Waals surface area contributed by atoms with Crippen LogP contribution in [0.1, 0.15) is 37.5 Å². The molecule has 1 aromatic rings. The quantitative estimate of drug-likeness (QED) is 0.898. The Morgan fingerprint density at radius 2 is 1.85 bits per heavy atom. The number of nitrogens with one attached hydrogen (secondary N) is 1. The van der Waals surface area contributed by atoms with Gasteiger partial charge in [0, 0.05) is 6.04 Å². The average Bonchev–Trinajstić information content (AvgIpc) is 2.37. The number of rotatable bonds is 5. The zero-order valence-corrected chi connectivity index (χ0v) is 12.8. The summed E-state index contributed by atoms with van der Waals surface area (Å²) in [4.78, 5) is 11.8. The number of nitriles is 1. The van der Waals surface area contributed by atoms with Gasteiger partial charge in [0.05, 0.1) is 11.6 Å². The summed E-state index contributed by atoms with van der Waals surface area (Å²) in [5.41, 5.74) is 2.34. The van der Waals surface area contributed by atoms with Crippen LogP contribution >= 0.6 is 0 Å². The smallest absolute Gasteiger partial charge is 0.258 e. The fraction of sp³-hybridized carbons (Fsp3) is 0.500. The lowest BCUT2D eigenvalue weighted by Crippen LogP contribution is -2.39. The van der Waals surface area contributed by atoms with Crippen molar-refractivity contribution in [2.45, 2.75) is 40.7 Å². The predicted octanol–water partition coefficient (Wildman–Crippen LogP) is 2.71. The zero-order chi connectivity index (χ0) is 15.3. The fourth-order valence-electron chi connectivity index (χ4n) is 1.84. The normalized spacial score (nSPS) is 11.8. The molecule has 4 nitrogen and oxygen atoms in total. The van der Waals surface area contributed by atoms with E-state index >= 15 is 0 Å². The largest absolute Gasteiger partial charge is 0.483 e. The van der Waals surface area contributed by atoms with Gasteiger partial charge in [0.2, 0.25) is 0 Å². The van der Waals surface area contributed by atoms with Gasteiger partial charge in [-0.15, -0.1) is 0 Å². The van der Waals surface area contributed by atoms with Crippen LogP contribution < -0.4 is 10.1 Å². The number of hydrogen-bond acceptors (Lipinski definition) is 3. The number of carbonyl (C=O) groups is 1. The Labute approximate surface area is 120 Å². The van der Waals surface area contributed by atoms with Crippen LogP contribution in [0.4, 0.5) is 0 Å². The second-order valence-corrected chi connectivity index (χ2v) is 5.44. The zero-order valence-electron chi connectivity index (χ0n) is 12.8. The summed E-state index contributed by atoms with van der Waals surface area (Å²) in [6.45, 7) is 9.82. The van der Waals surface area contributed by atoms with Crippen molar-refractivity contribution in [2.24, 2.45) is 5.92 Å². The van der Waals surface area contributed by atoms with Crippen molar-refractivity contribution in [1.29, 1.82) is 5.26 Å². The Balaban J connectivity index is 2.67. The monoisotopic (exact) mass is 274 g/mol. The molecule has 1 atom stereocenters. The van der Waals surface area contributed by atoms with Gasteiger partial charge in [0.1, 0.15) is 5.75 Å². The molecule has 108 valence electrons. The van der Waals surface area contributed by atoms with Crippen molar-refractivity contribution in [2.75, 3.05) is 6.61 Å². The Morgan fingerprint density at radius 1 is 1.30 bits per heavy atom. The number of aryl methyl sites for hydroxylation is 2. The molecule has 1 aromatic carbocycles. The van der Waals surface area contributed by atoms with E-state index in [0.29, 0.717) is 17.2 Å². The molecule has 1 amide bonds. The molecule has 0 aliphatic heterocycles.